The van der Waals surface area contributed by atoms with Crippen LogP contribution >= 0.6 is 0 Å². The van der Waals surface area contributed by atoms with Gasteiger partial charge in [-0.1, -0.05) is 6.07 Å². The number of nitrogens with one attached hydrogen (secondary N) is 2. The van der Waals surface area contributed by atoms with Gasteiger partial charge in [0.05, 0.1) is 12.1 Å². The van der Waals surface area contributed by atoms with Crippen LogP contribution < -0.4 is 15.4 Å². The molecule has 0 aliphatic rings. The molecule has 0 atom stereocenters. The predicted molar refractivity (Wildman–Crippen MR) is 77.8 cm³/mol. The van der Waals surface area contributed by atoms with E-state index in [1.807, 2.05) is 0 Å². The first-order chi connectivity index (χ1) is 10.5. The van der Waals surface area contributed by atoms with Crippen LogP contribution in [0.5, 0.6) is 5.75 Å². The highest BCUT2D eigenvalue weighted by Gasteiger charge is 2.30. The summed E-state index contributed by atoms with van der Waals surface area (Å²) in [6.07, 6.45) is -4.48. The molecule has 0 aliphatic carbocycles. The van der Waals surface area contributed by atoms with Crippen molar-refractivity contribution in [2.45, 2.75) is 32.5 Å². The first kappa shape index (κ1) is 18.8. The van der Waals surface area contributed by atoms with Crippen molar-refractivity contribution in [2.75, 3.05) is 13.2 Å². The van der Waals surface area contributed by atoms with Gasteiger partial charge in [0.2, 0.25) is 5.91 Å². The van der Waals surface area contributed by atoms with E-state index in [-0.39, 0.29) is 18.2 Å². The van der Waals surface area contributed by atoms with Crippen LogP contribution in [0.4, 0.5) is 13.2 Å². The fourth-order valence-electron chi connectivity index (χ4n) is 1.60. The maximum absolute atomic E-state index is 12.5. The molecule has 1 rings (SSSR count). The highest BCUT2D eigenvalue weighted by atomic mass is 19.4. The van der Waals surface area contributed by atoms with Crippen molar-refractivity contribution in [2.24, 2.45) is 0 Å². The van der Waals surface area contributed by atoms with E-state index in [4.69, 9.17) is 4.74 Å². The first-order valence-corrected chi connectivity index (χ1v) is 6.85. The summed E-state index contributed by atoms with van der Waals surface area (Å²) in [5.41, 5.74) is -1.28. The third-order valence-electron chi connectivity index (χ3n) is 2.49. The summed E-state index contributed by atoms with van der Waals surface area (Å²) in [7, 11) is 0. The molecule has 8 heteroatoms. The van der Waals surface area contributed by atoms with Gasteiger partial charge in [-0.05, 0) is 39.0 Å². The predicted octanol–water partition coefficient (Wildman–Crippen LogP) is 2.12. The van der Waals surface area contributed by atoms with Gasteiger partial charge in [-0.15, -0.1) is 0 Å². The molecule has 0 bridgehead atoms. The Balaban J connectivity index is 2.44. The Morgan fingerprint density at radius 3 is 2.35 bits per heavy atom. The van der Waals surface area contributed by atoms with E-state index in [0.717, 1.165) is 12.1 Å². The molecule has 2 amide bonds. The van der Waals surface area contributed by atoms with Crippen molar-refractivity contribution in [1.29, 1.82) is 0 Å². The summed E-state index contributed by atoms with van der Waals surface area (Å²) in [4.78, 5) is 23.0. The van der Waals surface area contributed by atoms with Crippen molar-refractivity contribution in [1.82, 2.24) is 10.6 Å². The average Bonchev–Trinajstić information content (AvgIpc) is 2.40. The van der Waals surface area contributed by atoms with E-state index >= 15 is 0 Å². The lowest BCUT2D eigenvalue weighted by molar-refractivity contribution is -0.137. The van der Waals surface area contributed by atoms with Gasteiger partial charge in [0.25, 0.3) is 5.91 Å². The van der Waals surface area contributed by atoms with Gasteiger partial charge in [-0.3, -0.25) is 9.59 Å². The van der Waals surface area contributed by atoms with E-state index in [1.54, 1.807) is 20.8 Å². The first-order valence-electron chi connectivity index (χ1n) is 6.85. The molecule has 2 N–H and O–H groups in total. The summed E-state index contributed by atoms with van der Waals surface area (Å²) in [6, 6.07) is 4.21. The van der Waals surface area contributed by atoms with Crippen LogP contribution in [0, 0.1) is 0 Å². The van der Waals surface area contributed by atoms with Crippen LogP contribution in [0.3, 0.4) is 0 Å². The second-order valence-electron chi connectivity index (χ2n) is 5.89. The normalized spacial score (nSPS) is 11.7. The van der Waals surface area contributed by atoms with Crippen molar-refractivity contribution in [3.63, 3.8) is 0 Å². The molecule has 128 valence electrons. The topological polar surface area (TPSA) is 67.4 Å². The molecule has 23 heavy (non-hydrogen) atoms. The lowest BCUT2D eigenvalue weighted by Crippen LogP contribution is -2.46. The van der Waals surface area contributed by atoms with Crippen LogP contribution in [-0.2, 0) is 15.8 Å². The van der Waals surface area contributed by atoms with Crippen LogP contribution in [0.2, 0.25) is 0 Å². The average molecular weight is 332 g/mol. The van der Waals surface area contributed by atoms with Gasteiger partial charge >= 0.3 is 6.18 Å². The second-order valence-corrected chi connectivity index (χ2v) is 5.89. The molecule has 0 spiro atoms. The minimum absolute atomic E-state index is 0.0749. The smallest absolute Gasteiger partial charge is 0.416 e. The maximum Gasteiger partial charge on any atom is 0.416 e. The lowest BCUT2D eigenvalue weighted by Gasteiger charge is -2.20. The third kappa shape index (κ3) is 7.53. The molecular weight excluding hydrogens is 313 g/mol. The number of halogens is 3. The van der Waals surface area contributed by atoms with Crippen molar-refractivity contribution < 1.29 is 27.5 Å². The molecule has 0 aromatic heterocycles. The number of ether oxygens (including phenoxy) is 1. The fraction of sp³-hybridized carbons (Fsp3) is 0.467. The second kappa shape index (κ2) is 7.34. The summed E-state index contributed by atoms with van der Waals surface area (Å²) in [6.45, 7) is 4.67. The van der Waals surface area contributed by atoms with Crippen LogP contribution in [0.25, 0.3) is 0 Å². The number of amides is 2. The number of hydrogen-bond donors (Lipinski definition) is 2. The van der Waals surface area contributed by atoms with Gasteiger partial charge in [-0.25, -0.2) is 0 Å². The number of benzene rings is 1. The zero-order valence-electron chi connectivity index (χ0n) is 13.1. The number of alkyl halides is 3. The molecule has 0 fully saturated rings. The van der Waals surface area contributed by atoms with Gasteiger partial charge in [0, 0.05) is 5.54 Å². The van der Waals surface area contributed by atoms with Gasteiger partial charge in [0.15, 0.2) is 6.61 Å². The van der Waals surface area contributed by atoms with Crippen LogP contribution in [0.1, 0.15) is 26.3 Å². The minimum atomic E-state index is -4.48. The summed E-state index contributed by atoms with van der Waals surface area (Å²) in [5, 5.41) is 4.97. The van der Waals surface area contributed by atoms with Crippen molar-refractivity contribution in [3.05, 3.63) is 29.8 Å². The quantitative estimate of drug-likeness (QED) is 0.868. The molecule has 5 nitrogen and oxygen atoms in total. The number of carbonyl (C=O) groups is 2. The largest absolute Gasteiger partial charge is 0.484 e. The molecule has 1 aromatic carbocycles. The highest BCUT2D eigenvalue weighted by molar-refractivity contribution is 5.85. The standard InChI is InChI=1S/C15H19F3N2O3/c1-14(2,3)20-12(21)8-19-13(22)9-23-11-6-4-5-10(7-11)15(16,17)18/h4-7H,8-9H2,1-3H3,(H,19,22)(H,20,21). The Morgan fingerprint density at radius 1 is 1.13 bits per heavy atom. The fourth-order valence-corrected chi connectivity index (χ4v) is 1.60. The molecule has 1 aromatic rings. The Labute approximate surface area is 132 Å². The number of hydrogen-bond acceptors (Lipinski definition) is 3. The molecule has 0 saturated heterocycles. The van der Waals surface area contributed by atoms with Gasteiger partial charge in [-0.2, -0.15) is 13.2 Å². The zero-order chi connectivity index (χ0) is 17.7. The Morgan fingerprint density at radius 2 is 1.78 bits per heavy atom. The molecule has 0 unspecified atom stereocenters. The van der Waals surface area contributed by atoms with E-state index in [1.165, 1.54) is 12.1 Å². The van der Waals surface area contributed by atoms with Crippen LogP contribution in [0.15, 0.2) is 24.3 Å². The Bertz CT molecular complexity index is 566. The Hall–Kier alpha value is -2.25. The molecule has 0 radical (unpaired) electrons. The van der Waals surface area contributed by atoms with Gasteiger partial charge < -0.3 is 15.4 Å². The third-order valence-corrected chi connectivity index (χ3v) is 2.49. The molecular formula is C15H19F3N2O3. The maximum atomic E-state index is 12.5. The highest BCUT2D eigenvalue weighted by Crippen LogP contribution is 2.31. The summed E-state index contributed by atoms with van der Waals surface area (Å²) in [5.74, 6) is -1.05. The SMILES string of the molecule is CC(C)(C)NC(=O)CNC(=O)COc1cccc(C(F)(F)F)c1. The van der Waals surface area contributed by atoms with Crippen LogP contribution in [-0.4, -0.2) is 30.5 Å². The van der Waals surface area contributed by atoms with Gasteiger partial charge in [0.1, 0.15) is 5.75 Å². The molecule has 0 saturated carbocycles. The van der Waals surface area contributed by atoms with E-state index in [0.29, 0.717) is 0 Å². The van der Waals surface area contributed by atoms with Crippen molar-refractivity contribution >= 4 is 11.8 Å². The van der Waals surface area contributed by atoms with E-state index in [9.17, 15) is 22.8 Å². The lowest BCUT2D eigenvalue weighted by atomic mass is 10.1. The molecule has 0 heterocycles. The Kier molecular flexibility index (Phi) is 6.00. The van der Waals surface area contributed by atoms with E-state index in [2.05, 4.69) is 10.6 Å². The minimum Gasteiger partial charge on any atom is -0.484 e. The summed E-state index contributed by atoms with van der Waals surface area (Å²) >= 11 is 0. The molecule has 0 aliphatic heterocycles. The zero-order valence-corrected chi connectivity index (χ0v) is 13.1. The number of rotatable bonds is 5. The van der Waals surface area contributed by atoms with Crippen molar-refractivity contribution in [3.8, 4) is 5.75 Å². The number of carbonyl (C=O) groups excluding carboxylic acids is 2. The van der Waals surface area contributed by atoms with E-state index < -0.39 is 29.8 Å². The summed E-state index contributed by atoms with van der Waals surface area (Å²) < 4.78 is 42.6. The monoisotopic (exact) mass is 332 g/mol.